The van der Waals surface area contributed by atoms with Crippen LogP contribution in [0.4, 0.5) is 0 Å². The predicted molar refractivity (Wildman–Crippen MR) is 104 cm³/mol. The van der Waals surface area contributed by atoms with Crippen molar-refractivity contribution in [3.05, 3.63) is 66.0 Å². The number of thioether (sulfide) groups is 1. The van der Waals surface area contributed by atoms with Crippen molar-refractivity contribution in [3.63, 3.8) is 0 Å². The maximum Gasteiger partial charge on any atom is 0.195 e. The SMILES string of the molecule is CCOc1ccc(-n2c(Cc3ccccc3)nnc2SCCOC)cc1. The second-order valence-corrected chi connectivity index (χ2v) is 6.73. The highest BCUT2D eigenvalue weighted by atomic mass is 32.2. The molecule has 0 atom stereocenters. The molecule has 0 aliphatic carbocycles. The highest BCUT2D eigenvalue weighted by Crippen LogP contribution is 2.25. The summed E-state index contributed by atoms with van der Waals surface area (Å²) < 4.78 is 12.8. The average Bonchev–Trinajstić information content (AvgIpc) is 3.06. The maximum absolute atomic E-state index is 5.55. The molecule has 3 rings (SSSR count). The molecule has 0 unspecified atom stereocenters. The predicted octanol–water partition coefficient (Wildman–Crippen LogP) is 4.00. The second kappa shape index (κ2) is 9.40. The van der Waals surface area contributed by atoms with Gasteiger partial charge in [-0.25, -0.2) is 0 Å². The van der Waals surface area contributed by atoms with E-state index in [1.54, 1.807) is 18.9 Å². The van der Waals surface area contributed by atoms with Gasteiger partial charge in [-0.2, -0.15) is 0 Å². The molecule has 26 heavy (non-hydrogen) atoms. The number of hydrogen-bond donors (Lipinski definition) is 0. The van der Waals surface area contributed by atoms with E-state index in [-0.39, 0.29) is 0 Å². The Morgan fingerprint density at radius 3 is 2.46 bits per heavy atom. The van der Waals surface area contributed by atoms with Crippen molar-refractivity contribution >= 4 is 11.8 Å². The minimum Gasteiger partial charge on any atom is -0.494 e. The van der Waals surface area contributed by atoms with E-state index < -0.39 is 0 Å². The highest BCUT2D eigenvalue weighted by Gasteiger charge is 2.15. The van der Waals surface area contributed by atoms with Crippen molar-refractivity contribution in [2.75, 3.05) is 26.1 Å². The Labute approximate surface area is 158 Å². The van der Waals surface area contributed by atoms with Gasteiger partial charge in [-0.05, 0) is 36.8 Å². The van der Waals surface area contributed by atoms with Crippen molar-refractivity contribution < 1.29 is 9.47 Å². The first-order chi connectivity index (χ1) is 12.8. The van der Waals surface area contributed by atoms with E-state index in [9.17, 15) is 0 Å². The first-order valence-corrected chi connectivity index (χ1v) is 9.63. The molecule has 0 fully saturated rings. The van der Waals surface area contributed by atoms with E-state index in [2.05, 4.69) is 26.9 Å². The first kappa shape index (κ1) is 18.5. The smallest absolute Gasteiger partial charge is 0.195 e. The topological polar surface area (TPSA) is 49.2 Å². The third-order valence-corrected chi connectivity index (χ3v) is 4.72. The molecular weight excluding hydrogens is 346 g/mol. The number of ether oxygens (including phenoxy) is 2. The van der Waals surface area contributed by atoms with Crippen LogP contribution >= 0.6 is 11.8 Å². The monoisotopic (exact) mass is 369 g/mol. The van der Waals surface area contributed by atoms with Crippen molar-refractivity contribution in [2.24, 2.45) is 0 Å². The van der Waals surface area contributed by atoms with Crippen LogP contribution in [0, 0.1) is 0 Å². The minimum absolute atomic E-state index is 0.656. The van der Waals surface area contributed by atoms with Crippen LogP contribution in [0.5, 0.6) is 5.75 Å². The van der Waals surface area contributed by atoms with Crippen LogP contribution in [0.3, 0.4) is 0 Å². The zero-order chi connectivity index (χ0) is 18.2. The lowest BCUT2D eigenvalue weighted by Gasteiger charge is -2.11. The number of rotatable bonds is 9. The van der Waals surface area contributed by atoms with Crippen LogP contribution < -0.4 is 4.74 Å². The summed E-state index contributed by atoms with van der Waals surface area (Å²) in [4.78, 5) is 0. The van der Waals surface area contributed by atoms with E-state index in [4.69, 9.17) is 9.47 Å². The third kappa shape index (κ3) is 4.65. The summed E-state index contributed by atoms with van der Waals surface area (Å²) in [6, 6.07) is 18.4. The van der Waals surface area contributed by atoms with Gasteiger partial charge in [-0.3, -0.25) is 4.57 Å². The van der Waals surface area contributed by atoms with Crippen LogP contribution in [0.15, 0.2) is 59.8 Å². The van der Waals surface area contributed by atoms with E-state index in [0.717, 1.165) is 34.6 Å². The minimum atomic E-state index is 0.656. The van der Waals surface area contributed by atoms with Gasteiger partial charge in [-0.15, -0.1) is 10.2 Å². The normalized spacial score (nSPS) is 10.8. The Hall–Kier alpha value is -2.31. The highest BCUT2D eigenvalue weighted by molar-refractivity contribution is 7.99. The van der Waals surface area contributed by atoms with E-state index in [1.165, 1.54) is 5.56 Å². The Morgan fingerprint density at radius 2 is 1.77 bits per heavy atom. The van der Waals surface area contributed by atoms with Gasteiger partial charge in [-0.1, -0.05) is 42.1 Å². The van der Waals surface area contributed by atoms with Gasteiger partial charge in [0.05, 0.1) is 13.2 Å². The lowest BCUT2D eigenvalue weighted by Crippen LogP contribution is -2.05. The molecule has 0 spiro atoms. The summed E-state index contributed by atoms with van der Waals surface area (Å²) >= 11 is 1.65. The molecule has 1 aromatic heterocycles. The fourth-order valence-corrected chi connectivity index (χ4v) is 3.49. The molecular formula is C20H23N3O2S. The molecule has 0 radical (unpaired) electrons. The Balaban J connectivity index is 1.91. The summed E-state index contributed by atoms with van der Waals surface area (Å²) in [5, 5.41) is 9.73. The zero-order valence-corrected chi connectivity index (χ0v) is 15.9. The molecule has 0 N–H and O–H groups in total. The second-order valence-electron chi connectivity index (χ2n) is 5.66. The number of methoxy groups -OCH3 is 1. The van der Waals surface area contributed by atoms with Gasteiger partial charge < -0.3 is 9.47 Å². The number of nitrogens with zero attached hydrogens (tertiary/aromatic N) is 3. The van der Waals surface area contributed by atoms with Gasteiger partial charge in [0, 0.05) is 25.0 Å². The van der Waals surface area contributed by atoms with Crippen LogP contribution in [-0.2, 0) is 11.2 Å². The van der Waals surface area contributed by atoms with Gasteiger partial charge in [0.1, 0.15) is 11.6 Å². The molecule has 6 heteroatoms. The molecule has 136 valence electrons. The molecule has 0 aliphatic rings. The zero-order valence-electron chi connectivity index (χ0n) is 15.1. The molecule has 5 nitrogen and oxygen atoms in total. The summed E-state index contributed by atoms with van der Waals surface area (Å²) in [5.41, 5.74) is 2.24. The summed E-state index contributed by atoms with van der Waals surface area (Å²) in [5.74, 6) is 2.61. The third-order valence-electron chi connectivity index (χ3n) is 3.83. The molecule has 2 aromatic carbocycles. The standard InChI is InChI=1S/C20H23N3O2S/c1-3-25-18-11-9-17(10-12-18)23-19(15-16-7-5-4-6-8-16)21-22-20(23)26-14-13-24-2/h4-12H,3,13-15H2,1-2H3. The van der Waals surface area contributed by atoms with Crippen molar-refractivity contribution in [1.82, 2.24) is 14.8 Å². The fraction of sp³-hybridized carbons (Fsp3) is 0.300. The van der Waals surface area contributed by atoms with Gasteiger partial charge >= 0.3 is 0 Å². The average molecular weight is 369 g/mol. The van der Waals surface area contributed by atoms with Crippen LogP contribution in [0.1, 0.15) is 18.3 Å². The quantitative estimate of drug-likeness (QED) is 0.421. The van der Waals surface area contributed by atoms with Crippen LogP contribution in [0.25, 0.3) is 5.69 Å². The van der Waals surface area contributed by atoms with Gasteiger partial charge in [0.2, 0.25) is 0 Å². The fourth-order valence-electron chi connectivity index (χ4n) is 2.62. The molecule has 0 aliphatic heterocycles. The maximum atomic E-state index is 5.55. The van der Waals surface area contributed by atoms with Gasteiger partial charge in [0.25, 0.3) is 0 Å². The lowest BCUT2D eigenvalue weighted by molar-refractivity contribution is 0.218. The van der Waals surface area contributed by atoms with Gasteiger partial charge in [0.15, 0.2) is 5.16 Å². The summed E-state index contributed by atoms with van der Waals surface area (Å²) in [6.07, 6.45) is 0.728. The number of hydrogen-bond acceptors (Lipinski definition) is 5. The molecule has 3 aromatic rings. The Morgan fingerprint density at radius 1 is 1.00 bits per heavy atom. The Bertz CT molecular complexity index is 804. The lowest BCUT2D eigenvalue weighted by atomic mass is 10.1. The first-order valence-electron chi connectivity index (χ1n) is 8.65. The van der Waals surface area contributed by atoms with Crippen LogP contribution in [-0.4, -0.2) is 40.8 Å². The molecule has 0 saturated carbocycles. The number of benzene rings is 2. The molecule has 0 saturated heterocycles. The summed E-state index contributed by atoms with van der Waals surface area (Å²) in [6.45, 7) is 3.31. The van der Waals surface area contributed by atoms with Crippen molar-refractivity contribution in [3.8, 4) is 11.4 Å². The molecule has 0 bridgehead atoms. The van der Waals surface area contributed by atoms with E-state index in [0.29, 0.717) is 13.2 Å². The van der Waals surface area contributed by atoms with Crippen LogP contribution in [0.2, 0.25) is 0 Å². The van der Waals surface area contributed by atoms with Crippen molar-refractivity contribution in [2.45, 2.75) is 18.5 Å². The van der Waals surface area contributed by atoms with Crippen molar-refractivity contribution in [1.29, 1.82) is 0 Å². The number of aromatic nitrogens is 3. The summed E-state index contributed by atoms with van der Waals surface area (Å²) in [7, 11) is 1.71. The Kier molecular flexibility index (Phi) is 6.68. The molecule has 1 heterocycles. The van der Waals surface area contributed by atoms with E-state index in [1.807, 2.05) is 49.4 Å². The van der Waals surface area contributed by atoms with E-state index >= 15 is 0 Å². The largest absolute Gasteiger partial charge is 0.494 e. The molecule has 0 amide bonds.